The second kappa shape index (κ2) is 14.0. The molecule has 0 aromatic rings. The molecule has 0 heterocycles. The van der Waals surface area contributed by atoms with Gasteiger partial charge in [0.2, 0.25) is 0 Å². The van der Waals surface area contributed by atoms with Crippen LogP contribution in [0.25, 0.3) is 0 Å². The molecule has 4 nitrogen and oxygen atoms in total. The maximum Gasteiger partial charge on any atom is 0.306 e. The number of ether oxygens (including phenoxy) is 1. The summed E-state index contributed by atoms with van der Waals surface area (Å²) in [7, 11) is 0. The average Bonchev–Trinajstić information content (AvgIpc) is 2.78. The second-order valence-electron chi connectivity index (χ2n) is 12.2. The third kappa shape index (κ3) is 8.08. The summed E-state index contributed by atoms with van der Waals surface area (Å²) in [5.74, 6) is 1.40. The highest BCUT2D eigenvalue weighted by atomic mass is 16.5. The standard InChI is InChI=1S/C30H55NO3/c1-7-31(8-2)20-11-9-10-12-21-34-28(33)22-24(3)14-16-26-25(23-32)15-17-27-29(4,5)18-13-19-30(26,27)6/h15,24,26-27,32H,7-14,16-23H2,1-6H3/t24-,26-,27-,30+/m0/s1. The Bertz CT molecular complexity index is 639. The number of carbonyl (C=O) groups excluding carboxylic acids is 1. The van der Waals surface area contributed by atoms with Crippen LogP contribution >= 0.6 is 0 Å². The fraction of sp³-hybridized carbons (Fsp3) is 0.900. The predicted octanol–water partition coefficient (Wildman–Crippen LogP) is 7.01. The average molecular weight is 478 g/mol. The van der Waals surface area contributed by atoms with E-state index < -0.39 is 0 Å². The first-order valence-corrected chi connectivity index (χ1v) is 14.4. The Hall–Kier alpha value is -0.870. The molecule has 198 valence electrons. The molecule has 0 radical (unpaired) electrons. The van der Waals surface area contributed by atoms with E-state index in [0.717, 1.165) is 45.2 Å². The van der Waals surface area contributed by atoms with Crippen molar-refractivity contribution in [1.29, 1.82) is 0 Å². The van der Waals surface area contributed by atoms with E-state index in [4.69, 9.17) is 4.74 Å². The van der Waals surface area contributed by atoms with Gasteiger partial charge in [-0.15, -0.1) is 0 Å². The maximum absolute atomic E-state index is 12.4. The normalized spacial score (nSPS) is 27.2. The van der Waals surface area contributed by atoms with Crippen LogP contribution < -0.4 is 0 Å². The van der Waals surface area contributed by atoms with Crippen LogP contribution in [0.15, 0.2) is 11.6 Å². The minimum atomic E-state index is -0.0416. The summed E-state index contributed by atoms with van der Waals surface area (Å²) in [6.45, 7) is 18.1. The van der Waals surface area contributed by atoms with E-state index >= 15 is 0 Å². The first-order valence-electron chi connectivity index (χ1n) is 14.4. The molecule has 4 atom stereocenters. The molecule has 1 N–H and O–H groups in total. The Labute approximate surface area is 210 Å². The number of aliphatic hydroxyl groups is 1. The van der Waals surface area contributed by atoms with Crippen LogP contribution in [0.1, 0.15) is 112 Å². The number of hydrogen-bond acceptors (Lipinski definition) is 4. The van der Waals surface area contributed by atoms with Crippen LogP contribution in [-0.2, 0) is 9.53 Å². The van der Waals surface area contributed by atoms with Crippen molar-refractivity contribution in [1.82, 2.24) is 4.90 Å². The molecule has 0 aromatic heterocycles. The van der Waals surface area contributed by atoms with Crippen LogP contribution in [0, 0.1) is 28.6 Å². The van der Waals surface area contributed by atoms with Gasteiger partial charge in [-0.2, -0.15) is 0 Å². The summed E-state index contributed by atoms with van der Waals surface area (Å²) in [5.41, 5.74) is 1.87. The lowest BCUT2D eigenvalue weighted by Gasteiger charge is -2.57. The zero-order valence-electron chi connectivity index (χ0n) is 23.3. The minimum absolute atomic E-state index is 0.0416. The monoisotopic (exact) mass is 477 g/mol. The van der Waals surface area contributed by atoms with Gasteiger partial charge in [-0.05, 0) is 98.7 Å². The highest BCUT2D eigenvalue weighted by Crippen LogP contribution is 2.60. The number of nitrogens with zero attached hydrogens (tertiary/aromatic N) is 1. The molecule has 0 unspecified atom stereocenters. The van der Waals surface area contributed by atoms with Gasteiger partial charge in [0.15, 0.2) is 0 Å². The smallest absolute Gasteiger partial charge is 0.306 e. The van der Waals surface area contributed by atoms with Gasteiger partial charge < -0.3 is 14.7 Å². The topological polar surface area (TPSA) is 49.8 Å². The number of rotatable bonds is 15. The summed E-state index contributed by atoms with van der Waals surface area (Å²) < 4.78 is 5.55. The maximum atomic E-state index is 12.4. The first kappa shape index (κ1) is 29.4. The van der Waals surface area contributed by atoms with Crippen LogP contribution in [0.3, 0.4) is 0 Å². The lowest BCUT2D eigenvalue weighted by atomic mass is 9.48. The SMILES string of the molecule is CCN(CC)CCCCCCOC(=O)C[C@@H](C)CC[C@H]1C(CO)=CC[C@H]2C(C)(C)CCC[C@]12C. The lowest BCUT2D eigenvalue weighted by molar-refractivity contribution is -0.144. The van der Waals surface area contributed by atoms with Gasteiger partial charge >= 0.3 is 5.97 Å². The summed E-state index contributed by atoms with van der Waals surface area (Å²) in [5, 5.41) is 10.1. The molecule has 0 spiro atoms. The zero-order chi connectivity index (χ0) is 25.2. The molecule has 0 saturated heterocycles. The van der Waals surface area contributed by atoms with Crippen molar-refractivity contribution in [2.45, 2.75) is 112 Å². The number of unbranched alkanes of at least 4 members (excludes halogenated alkanes) is 3. The first-order chi connectivity index (χ1) is 16.2. The van der Waals surface area contributed by atoms with Gasteiger partial charge in [-0.25, -0.2) is 0 Å². The van der Waals surface area contributed by atoms with E-state index in [0.29, 0.717) is 36.2 Å². The van der Waals surface area contributed by atoms with Gasteiger partial charge in [0.05, 0.1) is 13.2 Å². The van der Waals surface area contributed by atoms with E-state index in [1.807, 2.05) is 0 Å². The fourth-order valence-corrected chi connectivity index (χ4v) is 7.11. The number of aliphatic hydroxyl groups excluding tert-OH is 1. The lowest BCUT2D eigenvalue weighted by Crippen LogP contribution is -2.49. The largest absolute Gasteiger partial charge is 0.466 e. The minimum Gasteiger partial charge on any atom is -0.466 e. The van der Waals surface area contributed by atoms with E-state index in [1.54, 1.807) is 0 Å². The van der Waals surface area contributed by atoms with Crippen molar-refractivity contribution < 1.29 is 14.6 Å². The van der Waals surface area contributed by atoms with Crippen molar-refractivity contribution >= 4 is 5.97 Å². The Balaban J connectivity index is 1.72. The number of hydrogen-bond donors (Lipinski definition) is 1. The van der Waals surface area contributed by atoms with Crippen LogP contribution in [0.2, 0.25) is 0 Å². The molecule has 0 aromatic carbocycles. The van der Waals surface area contributed by atoms with E-state index in [2.05, 4.69) is 52.5 Å². The van der Waals surface area contributed by atoms with Crippen molar-refractivity contribution in [3.05, 3.63) is 11.6 Å². The third-order valence-corrected chi connectivity index (χ3v) is 9.31. The van der Waals surface area contributed by atoms with Crippen molar-refractivity contribution in [3.8, 4) is 0 Å². The molecule has 0 amide bonds. The molecule has 4 heteroatoms. The number of esters is 1. The van der Waals surface area contributed by atoms with Gasteiger partial charge in [0, 0.05) is 6.42 Å². The Morgan fingerprint density at radius 2 is 1.85 bits per heavy atom. The van der Waals surface area contributed by atoms with Gasteiger partial charge in [0.1, 0.15) is 0 Å². The quantitative estimate of drug-likeness (QED) is 0.157. The Morgan fingerprint density at radius 1 is 1.15 bits per heavy atom. The number of carbonyl (C=O) groups is 1. The summed E-state index contributed by atoms with van der Waals surface area (Å²) in [6, 6.07) is 0. The van der Waals surface area contributed by atoms with E-state index in [9.17, 15) is 9.90 Å². The second-order valence-corrected chi connectivity index (χ2v) is 12.2. The molecule has 0 aliphatic heterocycles. The molecule has 2 rings (SSSR count). The predicted molar refractivity (Wildman–Crippen MR) is 143 cm³/mol. The molecule has 0 bridgehead atoms. The van der Waals surface area contributed by atoms with Crippen molar-refractivity contribution in [2.75, 3.05) is 32.8 Å². The summed E-state index contributed by atoms with van der Waals surface area (Å²) in [6.07, 6.45) is 14.4. The molecular weight excluding hydrogens is 422 g/mol. The molecule has 1 saturated carbocycles. The van der Waals surface area contributed by atoms with Gasteiger partial charge in [-0.3, -0.25) is 4.79 Å². The van der Waals surface area contributed by atoms with E-state index in [1.165, 1.54) is 44.2 Å². The van der Waals surface area contributed by atoms with Crippen LogP contribution in [-0.4, -0.2) is 48.8 Å². The highest BCUT2D eigenvalue weighted by Gasteiger charge is 2.52. The molecule has 1 fully saturated rings. The van der Waals surface area contributed by atoms with Crippen molar-refractivity contribution in [2.24, 2.45) is 28.6 Å². The Kier molecular flexibility index (Phi) is 12.1. The fourth-order valence-electron chi connectivity index (χ4n) is 7.11. The zero-order valence-corrected chi connectivity index (χ0v) is 23.3. The van der Waals surface area contributed by atoms with E-state index in [-0.39, 0.29) is 18.0 Å². The summed E-state index contributed by atoms with van der Waals surface area (Å²) in [4.78, 5) is 14.8. The third-order valence-electron chi connectivity index (χ3n) is 9.31. The molecule has 34 heavy (non-hydrogen) atoms. The Morgan fingerprint density at radius 3 is 2.53 bits per heavy atom. The van der Waals surface area contributed by atoms with Crippen molar-refractivity contribution in [3.63, 3.8) is 0 Å². The summed E-state index contributed by atoms with van der Waals surface area (Å²) >= 11 is 0. The van der Waals surface area contributed by atoms with Gasteiger partial charge in [0.25, 0.3) is 0 Å². The number of allylic oxidation sites excluding steroid dienone is 1. The highest BCUT2D eigenvalue weighted by molar-refractivity contribution is 5.69. The molecule has 2 aliphatic carbocycles. The molecule has 2 aliphatic rings. The number of fused-ring (bicyclic) bond motifs is 1. The van der Waals surface area contributed by atoms with Crippen LogP contribution in [0.5, 0.6) is 0 Å². The van der Waals surface area contributed by atoms with Gasteiger partial charge in [-0.1, -0.05) is 66.9 Å². The van der Waals surface area contributed by atoms with Crippen LogP contribution in [0.4, 0.5) is 0 Å². The molecular formula is C30H55NO3.